The van der Waals surface area contributed by atoms with E-state index < -0.39 is 0 Å². The first kappa shape index (κ1) is 26.6. The van der Waals surface area contributed by atoms with E-state index in [9.17, 15) is 5.26 Å². The predicted octanol–water partition coefficient (Wildman–Crippen LogP) is 7.53. The molecule has 6 nitrogen and oxygen atoms in total. The maximum absolute atomic E-state index is 10.3. The van der Waals surface area contributed by atoms with Gasteiger partial charge in [0.15, 0.2) is 0 Å². The SMILES string of the molecule is N#Cc1nc(N2c3ccccc3B3c4ccccc4N(c4ccccc4)c4cccc2c43)cc(-n2c3ccccc3c3ccccc32)n1. The van der Waals surface area contributed by atoms with E-state index in [1.807, 2.05) is 18.2 Å². The molecular weight excluding hydrogens is 587 g/mol. The number of fused-ring (bicyclic) bond motifs is 7. The first-order valence-electron chi connectivity index (χ1n) is 16.0. The Kier molecular flexibility index (Phi) is 5.63. The van der Waals surface area contributed by atoms with Crippen LogP contribution in [0.4, 0.5) is 34.3 Å². The lowest BCUT2D eigenvalue weighted by molar-refractivity contribution is 1.00. The average Bonchev–Trinajstić information content (AvgIpc) is 3.49. The van der Waals surface area contributed by atoms with Crippen LogP contribution >= 0.6 is 0 Å². The van der Waals surface area contributed by atoms with E-state index >= 15 is 0 Å². The molecule has 0 atom stereocenters. The predicted molar refractivity (Wildman–Crippen MR) is 195 cm³/mol. The van der Waals surface area contributed by atoms with Crippen molar-refractivity contribution in [1.82, 2.24) is 14.5 Å². The molecule has 8 aromatic rings. The van der Waals surface area contributed by atoms with E-state index in [4.69, 9.17) is 9.97 Å². The molecule has 6 aromatic carbocycles. The van der Waals surface area contributed by atoms with Gasteiger partial charge in [0.2, 0.25) is 5.82 Å². The van der Waals surface area contributed by atoms with Gasteiger partial charge in [-0.3, -0.25) is 9.47 Å². The molecule has 4 heterocycles. The summed E-state index contributed by atoms with van der Waals surface area (Å²) >= 11 is 0. The quantitative estimate of drug-likeness (QED) is 0.193. The fraction of sp³-hybridized carbons (Fsp3) is 0. The van der Waals surface area contributed by atoms with Gasteiger partial charge in [-0.05, 0) is 64.9 Å². The monoisotopic (exact) mass is 612 g/mol. The van der Waals surface area contributed by atoms with Crippen molar-refractivity contribution in [3.63, 3.8) is 0 Å². The molecule has 0 amide bonds. The first-order valence-corrected chi connectivity index (χ1v) is 16.0. The maximum Gasteiger partial charge on any atom is 0.252 e. The van der Waals surface area contributed by atoms with Crippen LogP contribution in [0.1, 0.15) is 5.82 Å². The topological polar surface area (TPSA) is 61.0 Å². The van der Waals surface area contributed by atoms with Crippen molar-refractivity contribution in [2.45, 2.75) is 0 Å². The van der Waals surface area contributed by atoms with Gasteiger partial charge in [0.05, 0.1) is 11.0 Å². The summed E-state index contributed by atoms with van der Waals surface area (Å²) in [4.78, 5) is 14.3. The second kappa shape index (κ2) is 10.2. The van der Waals surface area contributed by atoms with Crippen molar-refractivity contribution in [2.75, 3.05) is 9.80 Å². The molecule has 2 aromatic heterocycles. The van der Waals surface area contributed by atoms with Gasteiger partial charge in [-0.15, -0.1) is 0 Å². The Labute approximate surface area is 277 Å². The van der Waals surface area contributed by atoms with Crippen LogP contribution in [-0.4, -0.2) is 21.2 Å². The molecule has 0 aliphatic carbocycles. The minimum Gasteiger partial charge on any atom is -0.311 e. The molecule has 2 aliphatic heterocycles. The van der Waals surface area contributed by atoms with Crippen molar-refractivity contribution in [3.05, 3.63) is 157 Å². The van der Waals surface area contributed by atoms with Gasteiger partial charge in [-0.25, -0.2) is 9.97 Å². The van der Waals surface area contributed by atoms with E-state index in [-0.39, 0.29) is 12.5 Å². The van der Waals surface area contributed by atoms with Gasteiger partial charge in [0, 0.05) is 45.3 Å². The highest BCUT2D eigenvalue weighted by Crippen LogP contribution is 2.43. The third kappa shape index (κ3) is 3.68. The standard InChI is InChI=1S/C41H25BN6/c43-26-38-44-39(47-32-19-8-4-15-28(32)29-16-5-9-20-33(29)47)25-40(45-38)48-35-22-11-7-18-31(35)42-30-17-6-10-21-34(30)46(27-13-2-1-3-14-27)36-23-12-24-37(48)41(36)42/h1-25H. The number of para-hydroxylation sites is 5. The van der Waals surface area contributed by atoms with E-state index in [1.165, 1.54) is 22.1 Å². The summed E-state index contributed by atoms with van der Waals surface area (Å²) in [7, 11) is 0. The largest absolute Gasteiger partial charge is 0.311 e. The highest BCUT2D eigenvalue weighted by atomic mass is 15.2. The van der Waals surface area contributed by atoms with Gasteiger partial charge >= 0.3 is 0 Å². The van der Waals surface area contributed by atoms with Crippen LogP contribution in [0.15, 0.2) is 152 Å². The van der Waals surface area contributed by atoms with Gasteiger partial charge in [0.25, 0.3) is 6.71 Å². The lowest BCUT2D eigenvalue weighted by Crippen LogP contribution is -2.61. The molecular formula is C41H25BN6. The normalized spacial score (nSPS) is 12.9. The van der Waals surface area contributed by atoms with Crippen molar-refractivity contribution in [3.8, 4) is 11.9 Å². The third-order valence-electron chi connectivity index (χ3n) is 9.66. The Bertz CT molecular complexity index is 2570. The van der Waals surface area contributed by atoms with Crippen molar-refractivity contribution >= 4 is 79.2 Å². The molecule has 0 radical (unpaired) electrons. The Morgan fingerprint density at radius 3 is 1.69 bits per heavy atom. The van der Waals surface area contributed by atoms with E-state index in [0.717, 1.165) is 44.6 Å². The van der Waals surface area contributed by atoms with E-state index in [1.54, 1.807) is 0 Å². The average molecular weight is 613 g/mol. The van der Waals surface area contributed by atoms with Crippen LogP contribution in [0.2, 0.25) is 0 Å². The van der Waals surface area contributed by atoms with Crippen LogP contribution in [0.3, 0.4) is 0 Å². The fourth-order valence-corrected chi connectivity index (χ4v) is 7.81. The fourth-order valence-electron chi connectivity index (χ4n) is 7.81. The summed E-state index contributed by atoms with van der Waals surface area (Å²) in [5.41, 5.74) is 11.2. The molecule has 0 bridgehead atoms. The van der Waals surface area contributed by atoms with Gasteiger partial charge in [-0.2, -0.15) is 5.26 Å². The second-order valence-corrected chi connectivity index (χ2v) is 12.2. The summed E-state index contributed by atoms with van der Waals surface area (Å²) in [5.74, 6) is 1.41. The Morgan fingerprint density at radius 1 is 0.500 bits per heavy atom. The smallest absolute Gasteiger partial charge is 0.252 e. The summed E-state index contributed by atoms with van der Waals surface area (Å²) in [6.45, 7) is 0.0221. The molecule has 0 unspecified atom stereocenters. The molecule has 48 heavy (non-hydrogen) atoms. The molecule has 2 aliphatic rings. The summed E-state index contributed by atoms with van der Waals surface area (Å²) in [5, 5.41) is 12.6. The lowest BCUT2D eigenvalue weighted by atomic mass is 9.33. The number of hydrogen-bond acceptors (Lipinski definition) is 5. The summed E-state index contributed by atoms with van der Waals surface area (Å²) in [6, 6.07) is 55.3. The van der Waals surface area contributed by atoms with Crippen LogP contribution in [0, 0.1) is 11.3 Å². The Morgan fingerprint density at radius 2 is 1.02 bits per heavy atom. The number of nitriles is 1. The number of hydrogen-bond donors (Lipinski definition) is 0. The van der Waals surface area contributed by atoms with Crippen LogP contribution in [-0.2, 0) is 0 Å². The Balaban J connectivity index is 1.26. The molecule has 0 spiro atoms. The zero-order valence-electron chi connectivity index (χ0n) is 25.7. The van der Waals surface area contributed by atoms with E-state index in [0.29, 0.717) is 11.6 Å². The molecule has 0 fully saturated rings. The molecule has 0 saturated carbocycles. The van der Waals surface area contributed by atoms with Crippen LogP contribution in [0.25, 0.3) is 27.6 Å². The highest BCUT2D eigenvalue weighted by Gasteiger charge is 2.43. The van der Waals surface area contributed by atoms with E-state index in [2.05, 4.69) is 154 Å². The first-order chi connectivity index (χ1) is 23.8. The highest BCUT2D eigenvalue weighted by molar-refractivity contribution is 7.00. The molecule has 7 heteroatoms. The lowest BCUT2D eigenvalue weighted by Gasteiger charge is -2.43. The van der Waals surface area contributed by atoms with Gasteiger partial charge < -0.3 is 4.90 Å². The van der Waals surface area contributed by atoms with Crippen molar-refractivity contribution < 1.29 is 0 Å². The maximum atomic E-state index is 10.3. The Hall–Kier alpha value is -6.65. The molecule has 222 valence electrons. The number of nitrogens with zero attached hydrogens (tertiary/aromatic N) is 6. The third-order valence-corrected chi connectivity index (χ3v) is 9.66. The number of benzene rings is 6. The molecule has 0 saturated heterocycles. The molecule has 10 rings (SSSR count). The summed E-state index contributed by atoms with van der Waals surface area (Å²) < 4.78 is 2.14. The zero-order valence-corrected chi connectivity index (χ0v) is 25.7. The summed E-state index contributed by atoms with van der Waals surface area (Å²) in [6.07, 6.45) is 0. The van der Waals surface area contributed by atoms with Crippen molar-refractivity contribution in [1.29, 1.82) is 5.26 Å². The van der Waals surface area contributed by atoms with Crippen molar-refractivity contribution in [2.24, 2.45) is 0 Å². The van der Waals surface area contributed by atoms with Gasteiger partial charge in [0.1, 0.15) is 17.7 Å². The molecule has 0 N–H and O–H groups in total. The van der Waals surface area contributed by atoms with Gasteiger partial charge in [-0.1, -0.05) is 97.1 Å². The zero-order chi connectivity index (χ0) is 31.8. The second-order valence-electron chi connectivity index (χ2n) is 12.2. The van der Waals surface area contributed by atoms with Crippen LogP contribution < -0.4 is 26.2 Å². The minimum atomic E-state index is 0.0221. The number of anilines is 6. The number of aromatic nitrogens is 3. The minimum absolute atomic E-state index is 0.0221. The number of rotatable bonds is 3. The van der Waals surface area contributed by atoms with Crippen LogP contribution in [0.5, 0.6) is 0 Å².